The number of fused-ring (bicyclic) bond motifs is 1. The molecule has 1 aromatic carbocycles. The molecule has 0 aliphatic heterocycles. The van der Waals surface area contributed by atoms with Crippen molar-refractivity contribution in [1.82, 2.24) is 14.0 Å². The summed E-state index contributed by atoms with van der Waals surface area (Å²) in [6.45, 7) is 1.57. The molecule has 11 heteroatoms. The first kappa shape index (κ1) is 20.4. The monoisotopic (exact) mass is 417 g/mol. The van der Waals surface area contributed by atoms with E-state index in [4.69, 9.17) is 5.11 Å². The fraction of sp³-hybridized carbons (Fsp3) is 0.222. The summed E-state index contributed by atoms with van der Waals surface area (Å²) in [7, 11) is -2.82. The molecule has 152 valence electrons. The van der Waals surface area contributed by atoms with Gasteiger partial charge in [0, 0.05) is 37.5 Å². The Morgan fingerprint density at radius 3 is 2.79 bits per heavy atom. The van der Waals surface area contributed by atoms with Crippen molar-refractivity contribution in [2.24, 2.45) is 5.10 Å². The van der Waals surface area contributed by atoms with E-state index in [-0.39, 0.29) is 17.2 Å². The molecule has 0 amide bonds. The Balaban J connectivity index is 1.93. The van der Waals surface area contributed by atoms with Crippen molar-refractivity contribution in [3.8, 4) is 0 Å². The van der Waals surface area contributed by atoms with E-state index in [1.165, 1.54) is 25.4 Å². The number of hydrogen-bond acceptors (Lipinski definition) is 7. The number of aliphatic hydroxyl groups excluding tert-OH is 1. The number of pyridine rings is 1. The number of nitro groups is 1. The summed E-state index contributed by atoms with van der Waals surface area (Å²) in [4.78, 5) is 10.2. The van der Waals surface area contributed by atoms with Crippen molar-refractivity contribution >= 4 is 27.4 Å². The fourth-order valence-corrected chi connectivity index (χ4v) is 3.96. The SMILES string of the molecule is Cc1ccc([N+](=O)[O-])cc1S(=O)(=O)N(C)N=Cc1cnn2ccc(CCO)cc12. The van der Waals surface area contributed by atoms with E-state index < -0.39 is 14.9 Å². The maximum atomic E-state index is 12.8. The molecule has 0 saturated heterocycles. The highest BCUT2D eigenvalue weighted by Crippen LogP contribution is 2.24. The minimum Gasteiger partial charge on any atom is -0.396 e. The first-order valence-electron chi connectivity index (χ1n) is 8.59. The lowest BCUT2D eigenvalue weighted by Crippen LogP contribution is -2.22. The number of aromatic nitrogens is 2. The van der Waals surface area contributed by atoms with Gasteiger partial charge in [-0.15, -0.1) is 0 Å². The number of aliphatic hydroxyl groups is 1. The standard InChI is InChI=1S/C18H19N5O5S/c1-13-3-4-16(23(25)26)10-18(13)29(27,28)21(2)19-11-15-12-20-22-7-5-14(6-8-24)9-17(15)22/h3-5,7,9-12,24H,6,8H2,1-2H3. The number of benzene rings is 1. The van der Waals surface area contributed by atoms with E-state index >= 15 is 0 Å². The highest BCUT2D eigenvalue weighted by Gasteiger charge is 2.24. The van der Waals surface area contributed by atoms with E-state index in [9.17, 15) is 18.5 Å². The molecule has 0 unspecified atom stereocenters. The number of aryl methyl sites for hydroxylation is 1. The molecule has 2 heterocycles. The summed E-state index contributed by atoms with van der Waals surface area (Å²) in [6, 6.07) is 7.33. The van der Waals surface area contributed by atoms with Crippen LogP contribution in [0.4, 0.5) is 5.69 Å². The molecule has 0 radical (unpaired) electrons. The van der Waals surface area contributed by atoms with Crippen LogP contribution in [0.2, 0.25) is 0 Å². The molecule has 10 nitrogen and oxygen atoms in total. The summed E-state index contributed by atoms with van der Waals surface area (Å²) in [5.41, 5.74) is 2.26. The van der Waals surface area contributed by atoms with Crippen LogP contribution in [0.1, 0.15) is 16.7 Å². The molecule has 0 atom stereocenters. The number of hydrogen-bond donors (Lipinski definition) is 1. The average Bonchev–Trinajstić information content (AvgIpc) is 3.08. The highest BCUT2D eigenvalue weighted by atomic mass is 32.2. The van der Waals surface area contributed by atoms with Crippen molar-refractivity contribution in [2.75, 3.05) is 13.7 Å². The van der Waals surface area contributed by atoms with Gasteiger partial charge in [-0.2, -0.15) is 23.0 Å². The first-order chi connectivity index (χ1) is 13.7. The Kier molecular flexibility index (Phi) is 5.62. The maximum absolute atomic E-state index is 12.8. The molecule has 0 aliphatic carbocycles. The lowest BCUT2D eigenvalue weighted by molar-refractivity contribution is -0.385. The Morgan fingerprint density at radius 1 is 1.34 bits per heavy atom. The van der Waals surface area contributed by atoms with Crippen molar-refractivity contribution in [3.63, 3.8) is 0 Å². The number of sulfonamides is 1. The van der Waals surface area contributed by atoms with Crippen molar-refractivity contribution in [1.29, 1.82) is 0 Å². The molecular formula is C18H19N5O5S. The molecule has 0 fully saturated rings. The van der Waals surface area contributed by atoms with Crippen LogP contribution in [0.3, 0.4) is 0 Å². The van der Waals surface area contributed by atoms with E-state index in [2.05, 4.69) is 10.2 Å². The van der Waals surface area contributed by atoms with Crippen LogP contribution < -0.4 is 0 Å². The summed E-state index contributed by atoms with van der Waals surface area (Å²) >= 11 is 0. The third kappa shape index (κ3) is 4.10. The zero-order valence-corrected chi connectivity index (χ0v) is 16.6. The van der Waals surface area contributed by atoms with E-state index in [1.54, 1.807) is 23.8 Å². The van der Waals surface area contributed by atoms with Crippen LogP contribution in [-0.4, -0.2) is 52.3 Å². The number of non-ortho nitro benzene ring substituents is 1. The number of rotatable bonds is 7. The van der Waals surface area contributed by atoms with Gasteiger partial charge in [-0.3, -0.25) is 10.1 Å². The normalized spacial score (nSPS) is 12.0. The van der Waals surface area contributed by atoms with E-state index in [1.807, 2.05) is 12.1 Å². The van der Waals surface area contributed by atoms with Crippen LogP contribution in [0.15, 0.2) is 52.7 Å². The molecule has 2 aromatic heterocycles. The number of nitrogens with zero attached hydrogens (tertiary/aromatic N) is 5. The van der Waals surface area contributed by atoms with E-state index in [0.717, 1.165) is 16.0 Å². The molecule has 3 rings (SSSR count). The quantitative estimate of drug-likeness (QED) is 0.354. The average molecular weight is 417 g/mol. The summed E-state index contributed by atoms with van der Waals surface area (Å²) < 4.78 is 28.0. The second kappa shape index (κ2) is 7.97. The van der Waals surface area contributed by atoms with Gasteiger partial charge in [0.2, 0.25) is 0 Å². The van der Waals surface area contributed by atoms with Gasteiger partial charge in [-0.05, 0) is 36.6 Å². The summed E-state index contributed by atoms with van der Waals surface area (Å²) in [6.07, 6.45) is 5.12. The Hall–Kier alpha value is -3.31. The van der Waals surface area contributed by atoms with Gasteiger partial charge in [0.05, 0.1) is 27.7 Å². The molecule has 0 saturated carbocycles. The minimum atomic E-state index is -4.08. The van der Waals surface area contributed by atoms with Gasteiger partial charge in [-0.1, -0.05) is 6.07 Å². The lowest BCUT2D eigenvalue weighted by Gasteiger charge is -2.15. The van der Waals surface area contributed by atoms with Crippen LogP contribution in [0, 0.1) is 17.0 Å². The summed E-state index contributed by atoms with van der Waals surface area (Å²) in [5.74, 6) is 0. The van der Waals surface area contributed by atoms with Gasteiger partial charge < -0.3 is 5.11 Å². The van der Waals surface area contributed by atoms with E-state index in [0.29, 0.717) is 23.1 Å². The maximum Gasteiger partial charge on any atom is 0.279 e. The third-order valence-corrected chi connectivity index (χ3v) is 6.17. The zero-order valence-electron chi connectivity index (χ0n) is 15.8. The number of nitro benzene ring substituents is 1. The van der Waals surface area contributed by atoms with Crippen LogP contribution in [-0.2, 0) is 16.4 Å². The van der Waals surface area contributed by atoms with Crippen molar-refractivity contribution < 1.29 is 18.4 Å². The smallest absolute Gasteiger partial charge is 0.279 e. The van der Waals surface area contributed by atoms with Crippen LogP contribution in [0.25, 0.3) is 5.52 Å². The van der Waals surface area contributed by atoms with Gasteiger partial charge in [0.15, 0.2) is 0 Å². The van der Waals surface area contributed by atoms with Gasteiger partial charge >= 0.3 is 0 Å². The minimum absolute atomic E-state index is 0.0112. The first-order valence-corrected chi connectivity index (χ1v) is 10.0. The molecule has 3 aromatic rings. The topological polar surface area (TPSA) is 130 Å². The lowest BCUT2D eigenvalue weighted by atomic mass is 10.1. The molecule has 29 heavy (non-hydrogen) atoms. The van der Waals surface area contributed by atoms with Gasteiger partial charge in [0.25, 0.3) is 15.7 Å². The predicted molar refractivity (Wildman–Crippen MR) is 106 cm³/mol. The van der Waals surface area contributed by atoms with Crippen LogP contribution >= 0.6 is 0 Å². The number of hydrazone groups is 1. The van der Waals surface area contributed by atoms with Crippen LogP contribution in [0.5, 0.6) is 0 Å². The molecular weight excluding hydrogens is 398 g/mol. The zero-order chi connectivity index (χ0) is 21.2. The van der Waals surface area contributed by atoms with Crippen molar-refractivity contribution in [2.45, 2.75) is 18.2 Å². The molecule has 0 aliphatic rings. The Bertz CT molecular complexity index is 1200. The second-order valence-corrected chi connectivity index (χ2v) is 8.25. The third-order valence-electron chi connectivity index (χ3n) is 4.38. The van der Waals surface area contributed by atoms with Crippen molar-refractivity contribution in [3.05, 3.63) is 69.5 Å². The fourth-order valence-electron chi connectivity index (χ4n) is 2.76. The Labute approximate surface area is 166 Å². The largest absolute Gasteiger partial charge is 0.396 e. The molecule has 0 bridgehead atoms. The summed E-state index contributed by atoms with van der Waals surface area (Å²) in [5, 5.41) is 28.3. The molecule has 1 N–H and O–H groups in total. The predicted octanol–water partition coefficient (Wildman–Crippen LogP) is 1.74. The Morgan fingerprint density at radius 2 is 2.10 bits per heavy atom. The van der Waals surface area contributed by atoms with Gasteiger partial charge in [-0.25, -0.2) is 4.52 Å². The van der Waals surface area contributed by atoms with Gasteiger partial charge in [0.1, 0.15) is 0 Å². The molecule has 0 spiro atoms. The second-order valence-electron chi connectivity index (χ2n) is 6.33. The highest BCUT2D eigenvalue weighted by molar-refractivity contribution is 7.89.